The number of imide groups is 1. The number of halogens is 2. The van der Waals surface area contributed by atoms with Gasteiger partial charge >= 0.3 is 6.03 Å². The Hall–Kier alpha value is -1.26. The second-order valence-electron chi connectivity index (χ2n) is 4.33. The highest BCUT2D eigenvalue weighted by atomic mass is 35.5. The highest BCUT2D eigenvalue weighted by molar-refractivity contribution is 6.37. The molecule has 4 nitrogen and oxygen atoms in total. The van der Waals surface area contributed by atoms with E-state index in [4.69, 9.17) is 23.2 Å². The number of hydrogen-bond acceptors (Lipinski definition) is 2. The zero-order valence-electron chi connectivity index (χ0n) is 9.98. The van der Waals surface area contributed by atoms with Crippen molar-refractivity contribution in [2.45, 2.75) is 19.9 Å². The Morgan fingerprint density at radius 1 is 1.22 bits per heavy atom. The van der Waals surface area contributed by atoms with Crippen molar-refractivity contribution in [1.82, 2.24) is 4.90 Å². The van der Waals surface area contributed by atoms with E-state index in [2.05, 4.69) is 0 Å². The fraction of sp³-hybridized carbons (Fsp3) is 0.333. The minimum absolute atomic E-state index is 0.0376. The van der Waals surface area contributed by atoms with Crippen molar-refractivity contribution in [3.63, 3.8) is 0 Å². The summed E-state index contributed by atoms with van der Waals surface area (Å²) >= 11 is 11.9. The maximum atomic E-state index is 12.2. The standard InChI is InChI=1S/C12H12Cl2N2O2/c1-7(2)15-6-11(17)16(12(15)18)10-5-8(13)3-4-9(10)14/h3-5,7H,6H2,1-2H3. The smallest absolute Gasteiger partial charge is 0.312 e. The first kappa shape index (κ1) is 13.2. The molecule has 96 valence electrons. The number of rotatable bonds is 2. The van der Waals surface area contributed by atoms with Crippen molar-refractivity contribution >= 4 is 40.8 Å². The summed E-state index contributed by atoms with van der Waals surface area (Å²) in [4.78, 5) is 26.6. The Bertz CT molecular complexity index is 517. The van der Waals surface area contributed by atoms with E-state index in [1.807, 2.05) is 13.8 Å². The third-order valence-electron chi connectivity index (χ3n) is 2.76. The fourth-order valence-corrected chi connectivity index (χ4v) is 2.19. The van der Waals surface area contributed by atoms with Crippen LogP contribution in [0.4, 0.5) is 10.5 Å². The molecular weight excluding hydrogens is 275 g/mol. The molecule has 1 fully saturated rings. The largest absolute Gasteiger partial charge is 0.332 e. The summed E-state index contributed by atoms with van der Waals surface area (Å²) in [6.07, 6.45) is 0. The molecule has 1 saturated heterocycles. The van der Waals surface area contributed by atoms with Gasteiger partial charge < -0.3 is 4.90 Å². The predicted octanol–water partition coefficient (Wildman–Crippen LogP) is 3.17. The maximum Gasteiger partial charge on any atom is 0.332 e. The van der Waals surface area contributed by atoms with Crippen LogP contribution in [0.3, 0.4) is 0 Å². The summed E-state index contributed by atoms with van der Waals surface area (Å²) in [5.41, 5.74) is 0.335. The third-order valence-corrected chi connectivity index (χ3v) is 3.32. The van der Waals surface area contributed by atoms with Gasteiger partial charge in [-0.25, -0.2) is 9.69 Å². The highest BCUT2D eigenvalue weighted by Gasteiger charge is 2.39. The van der Waals surface area contributed by atoms with Gasteiger partial charge in [0.25, 0.3) is 5.91 Å². The lowest BCUT2D eigenvalue weighted by Gasteiger charge is -2.20. The van der Waals surface area contributed by atoms with Crippen molar-refractivity contribution in [2.75, 3.05) is 11.4 Å². The Balaban J connectivity index is 2.42. The van der Waals surface area contributed by atoms with Crippen molar-refractivity contribution in [3.05, 3.63) is 28.2 Å². The van der Waals surface area contributed by atoms with Crippen LogP contribution in [0.25, 0.3) is 0 Å². The Kier molecular flexibility index (Phi) is 3.50. The monoisotopic (exact) mass is 286 g/mol. The fourth-order valence-electron chi connectivity index (χ4n) is 1.82. The molecule has 0 radical (unpaired) electrons. The molecule has 0 spiro atoms. The van der Waals surface area contributed by atoms with Crippen molar-refractivity contribution < 1.29 is 9.59 Å². The van der Waals surface area contributed by atoms with Crippen LogP contribution in [-0.4, -0.2) is 29.4 Å². The van der Waals surface area contributed by atoms with Gasteiger partial charge in [0.2, 0.25) is 0 Å². The number of carbonyl (C=O) groups is 2. The third kappa shape index (κ3) is 2.18. The van der Waals surface area contributed by atoms with E-state index in [1.54, 1.807) is 12.1 Å². The molecule has 6 heteroatoms. The van der Waals surface area contributed by atoms with E-state index in [1.165, 1.54) is 11.0 Å². The molecule has 0 aromatic heterocycles. The summed E-state index contributed by atoms with van der Waals surface area (Å²) in [7, 11) is 0. The van der Waals surface area contributed by atoms with Gasteiger partial charge in [-0.3, -0.25) is 4.79 Å². The van der Waals surface area contributed by atoms with Crippen molar-refractivity contribution in [1.29, 1.82) is 0 Å². The Morgan fingerprint density at radius 3 is 2.44 bits per heavy atom. The zero-order chi connectivity index (χ0) is 13.4. The van der Waals surface area contributed by atoms with Gasteiger partial charge in [-0.1, -0.05) is 23.2 Å². The molecule has 1 aliphatic rings. The zero-order valence-corrected chi connectivity index (χ0v) is 11.5. The average molecular weight is 287 g/mol. The molecule has 0 saturated carbocycles. The summed E-state index contributed by atoms with van der Waals surface area (Å²) in [6, 6.07) is 4.29. The second kappa shape index (κ2) is 4.78. The molecule has 1 aromatic rings. The number of hydrogen-bond donors (Lipinski definition) is 0. The van der Waals surface area contributed by atoms with E-state index >= 15 is 0 Å². The molecule has 3 amide bonds. The molecule has 0 bridgehead atoms. The molecule has 0 atom stereocenters. The molecule has 18 heavy (non-hydrogen) atoms. The molecule has 0 aliphatic carbocycles. The summed E-state index contributed by atoms with van der Waals surface area (Å²) in [5.74, 6) is -0.294. The maximum absolute atomic E-state index is 12.2. The van der Waals surface area contributed by atoms with Crippen LogP contribution in [-0.2, 0) is 4.79 Å². The Labute approximate surface area is 115 Å². The average Bonchev–Trinajstić information content (AvgIpc) is 2.58. The quantitative estimate of drug-likeness (QED) is 0.784. The minimum atomic E-state index is -0.362. The lowest BCUT2D eigenvalue weighted by atomic mass is 10.3. The van der Waals surface area contributed by atoms with E-state index in [0.29, 0.717) is 15.7 Å². The predicted molar refractivity (Wildman–Crippen MR) is 71.2 cm³/mol. The summed E-state index contributed by atoms with van der Waals surface area (Å²) in [5, 5.41) is 0.754. The van der Waals surface area contributed by atoms with Crippen LogP contribution in [0.5, 0.6) is 0 Å². The molecule has 0 unspecified atom stereocenters. The topological polar surface area (TPSA) is 40.6 Å². The van der Waals surface area contributed by atoms with E-state index in [0.717, 1.165) is 4.90 Å². The molecule has 1 aromatic carbocycles. The van der Waals surface area contributed by atoms with Crippen molar-refractivity contribution in [3.8, 4) is 0 Å². The Morgan fingerprint density at radius 2 is 1.89 bits per heavy atom. The normalized spacial score (nSPS) is 16.1. The molecule has 1 heterocycles. The van der Waals surface area contributed by atoms with Gasteiger partial charge in [0.15, 0.2) is 0 Å². The first-order chi connectivity index (χ1) is 8.41. The number of urea groups is 1. The minimum Gasteiger partial charge on any atom is -0.312 e. The van der Waals surface area contributed by atoms with Crippen LogP contribution in [0, 0.1) is 0 Å². The van der Waals surface area contributed by atoms with E-state index in [-0.39, 0.29) is 24.5 Å². The number of nitrogens with zero attached hydrogens (tertiary/aromatic N) is 2. The second-order valence-corrected chi connectivity index (χ2v) is 5.17. The van der Waals surface area contributed by atoms with E-state index in [9.17, 15) is 9.59 Å². The van der Waals surface area contributed by atoms with Gasteiger partial charge in [0, 0.05) is 11.1 Å². The van der Waals surface area contributed by atoms with Gasteiger partial charge in [0.1, 0.15) is 6.54 Å². The highest BCUT2D eigenvalue weighted by Crippen LogP contribution is 2.32. The van der Waals surface area contributed by atoms with Gasteiger partial charge in [0.05, 0.1) is 10.7 Å². The van der Waals surface area contributed by atoms with Crippen LogP contribution >= 0.6 is 23.2 Å². The molecule has 2 rings (SSSR count). The van der Waals surface area contributed by atoms with Gasteiger partial charge in [-0.2, -0.15) is 0 Å². The number of benzene rings is 1. The SMILES string of the molecule is CC(C)N1CC(=O)N(c2cc(Cl)ccc2Cl)C1=O. The van der Waals surface area contributed by atoms with Crippen LogP contribution < -0.4 is 4.90 Å². The van der Waals surface area contributed by atoms with E-state index < -0.39 is 0 Å². The lowest BCUT2D eigenvalue weighted by Crippen LogP contribution is -2.36. The van der Waals surface area contributed by atoms with Crippen LogP contribution in [0.2, 0.25) is 10.0 Å². The molecular formula is C12H12Cl2N2O2. The van der Waals surface area contributed by atoms with Crippen molar-refractivity contribution in [2.24, 2.45) is 0 Å². The number of anilines is 1. The first-order valence-electron chi connectivity index (χ1n) is 5.50. The summed E-state index contributed by atoms with van der Waals surface area (Å²) < 4.78 is 0. The van der Waals surface area contributed by atoms with Crippen LogP contribution in [0.15, 0.2) is 18.2 Å². The summed E-state index contributed by atoms with van der Waals surface area (Å²) in [6.45, 7) is 3.78. The molecule has 1 aliphatic heterocycles. The number of amides is 3. The van der Waals surface area contributed by atoms with Gasteiger partial charge in [-0.05, 0) is 32.0 Å². The molecule has 0 N–H and O–H groups in total. The van der Waals surface area contributed by atoms with Crippen LogP contribution in [0.1, 0.15) is 13.8 Å². The van der Waals surface area contributed by atoms with Gasteiger partial charge in [-0.15, -0.1) is 0 Å². The number of carbonyl (C=O) groups excluding carboxylic acids is 2. The first-order valence-corrected chi connectivity index (χ1v) is 6.26. The lowest BCUT2D eigenvalue weighted by molar-refractivity contribution is -0.116.